The second kappa shape index (κ2) is 9.10. The van der Waals surface area contributed by atoms with Crippen molar-refractivity contribution in [2.75, 3.05) is 18.6 Å². The Morgan fingerprint density at radius 2 is 2.06 bits per heavy atom. The number of aromatic nitrogens is 1. The Kier molecular flexibility index (Phi) is 6.23. The highest BCUT2D eigenvalue weighted by Crippen LogP contribution is 2.46. The van der Waals surface area contributed by atoms with E-state index >= 15 is 0 Å². The van der Waals surface area contributed by atoms with Crippen molar-refractivity contribution in [3.05, 3.63) is 58.6 Å². The standard InChI is InChI=1S/C22H15ClFN5O3S/c1-32-18-7-15(12(9-26)5-16(18)24)19-8-17-20(33-19)21(30)29(14-6-13(23)10-27-11-14)22(31)28(17)4-2-3-25/h5-8,10-11,17,20H,2,4H2,1H3. The van der Waals surface area contributed by atoms with Crippen LogP contribution in [-0.2, 0) is 4.79 Å². The summed E-state index contributed by atoms with van der Waals surface area (Å²) < 4.78 is 19.2. The number of halogens is 2. The number of urea groups is 1. The average molecular weight is 484 g/mol. The van der Waals surface area contributed by atoms with E-state index in [0.717, 1.165) is 22.7 Å². The fourth-order valence-electron chi connectivity index (χ4n) is 3.75. The van der Waals surface area contributed by atoms with E-state index in [0.29, 0.717) is 10.5 Å². The van der Waals surface area contributed by atoms with Gasteiger partial charge in [0.2, 0.25) is 0 Å². The zero-order valence-corrected chi connectivity index (χ0v) is 18.7. The summed E-state index contributed by atoms with van der Waals surface area (Å²) in [5, 5.41) is 18.1. The highest BCUT2D eigenvalue weighted by molar-refractivity contribution is 8.09. The van der Waals surface area contributed by atoms with Crippen LogP contribution in [0, 0.1) is 28.5 Å². The third kappa shape index (κ3) is 3.99. The van der Waals surface area contributed by atoms with Crippen molar-refractivity contribution in [1.29, 1.82) is 10.5 Å². The largest absolute Gasteiger partial charge is 0.494 e. The van der Waals surface area contributed by atoms with E-state index in [-0.39, 0.29) is 35.0 Å². The first-order valence-corrected chi connectivity index (χ1v) is 10.9. The maximum atomic E-state index is 14.1. The number of carbonyl (C=O) groups is 2. The van der Waals surface area contributed by atoms with Crippen molar-refractivity contribution >= 4 is 45.9 Å². The number of anilines is 1. The summed E-state index contributed by atoms with van der Waals surface area (Å²) in [5.74, 6) is -1.21. The van der Waals surface area contributed by atoms with Gasteiger partial charge >= 0.3 is 6.03 Å². The molecule has 2 atom stereocenters. The Morgan fingerprint density at radius 3 is 2.73 bits per heavy atom. The molecule has 0 aliphatic carbocycles. The van der Waals surface area contributed by atoms with Gasteiger partial charge in [0.15, 0.2) is 11.6 Å². The molecule has 2 unspecified atom stereocenters. The highest BCUT2D eigenvalue weighted by atomic mass is 35.5. The number of nitriles is 2. The lowest BCUT2D eigenvalue weighted by Gasteiger charge is -2.40. The Hall–Kier alpha value is -3.60. The number of carbonyl (C=O) groups excluding carboxylic acids is 2. The normalized spacial score (nSPS) is 19.6. The Morgan fingerprint density at radius 1 is 1.27 bits per heavy atom. The first kappa shape index (κ1) is 22.6. The summed E-state index contributed by atoms with van der Waals surface area (Å²) in [4.78, 5) is 33.6. The maximum Gasteiger partial charge on any atom is 0.332 e. The molecule has 0 radical (unpaired) electrons. The number of amides is 3. The van der Waals surface area contributed by atoms with Gasteiger partial charge in [-0.05, 0) is 24.3 Å². The molecular formula is C22H15ClFN5O3S. The van der Waals surface area contributed by atoms with Crippen LogP contribution in [0.3, 0.4) is 0 Å². The number of pyridine rings is 1. The first-order chi connectivity index (χ1) is 15.9. The number of rotatable bonds is 5. The van der Waals surface area contributed by atoms with Gasteiger partial charge in [-0.1, -0.05) is 11.6 Å². The predicted molar refractivity (Wildman–Crippen MR) is 120 cm³/mol. The maximum absolute atomic E-state index is 14.1. The van der Waals surface area contributed by atoms with Crippen molar-refractivity contribution < 1.29 is 18.7 Å². The summed E-state index contributed by atoms with van der Waals surface area (Å²) in [6, 6.07) is 6.65. The van der Waals surface area contributed by atoms with E-state index < -0.39 is 29.0 Å². The molecule has 3 amide bonds. The molecule has 0 saturated carbocycles. The molecule has 1 fully saturated rings. The third-order valence-electron chi connectivity index (χ3n) is 5.24. The number of hydrogen-bond acceptors (Lipinski definition) is 7. The molecule has 0 N–H and O–H groups in total. The Bertz CT molecular complexity index is 1270. The van der Waals surface area contributed by atoms with Gasteiger partial charge in [0.05, 0.1) is 54.2 Å². The molecule has 2 aromatic rings. The molecule has 1 aromatic heterocycles. The average Bonchev–Trinajstić information content (AvgIpc) is 3.24. The quantitative estimate of drug-likeness (QED) is 0.632. The van der Waals surface area contributed by atoms with Crippen LogP contribution in [0.25, 0.3) is 4.91 Å². The van der Waals surface area contributed by atoms with Gasteiger partial charge in [0.1, 0.15) is 5.25 Å². The summed E-state index contributed by atoms with van der Waals surface area (Å²) in [7, 11) is 1.31. The van der Waals surface area contributed by atoms with Crippen LogP contribution in [0.1, 0.15) is 17.5 Å². The molecule has 11 heteroatoms. The van der Waals surface area contributed by atoms with E-state index in [4.69, 9.17) is 21.6 Å². The fourth-order valence-corrected chi connectivity index (χ4v) is 5.28. The number of hydrogen-bond donors (Lipinski definition) is 0. The van der Waals surface area contributed by atoms with Crippen LogP contribution in [0.15, 0.2) is 36.7 Å². The van der Waals surface area contributed by atoms with Crippen LogP contribution >= 0.6 is 23.4 Å². The minimum Gasteiger partial charge on any atom is -0.494 e. The minimum atomic E-state index is -0.738. The Labute approximate surface area is 197 Å². The number of nitrogens with zero attached hydrogens (tertiary/aromatic N) is 5. The number of thioether (sulfide) groups is 1. The molecule has 8 nitrogen and oxygen atoms in total. The monoisotopic (exact) mass is 483 g/mol. The highest BCUT2D eigenvalue weighted by Gasteiger charge is 2.49. The lowest BCUT2D eigenvalue weighted by atomic mass is 10.0. The summed E-state index contributed by atoms with van der Waals surface area (Å²) >= 11 is 7.17. The summed E-state index contributed by atoms with van der Waals surface area (Å²) in [6.45, 7) is 0.0937. The van der Waals surface area contributed by atoms with E-state index in [1.807, 2.05) is 12.1 Å². The molecule has 0 bridgehead atoms. The molecule has 0 spiro atoms. The van der Waals surface area contributed by atoms with E-state index in [1.54, 1.807) is 6.08 Å². The van der Waals surface area contributed by atoms with E-state index in [2.05, 4.69) is 4.98 Å². The van der Waals surface area contributed by atoms with Crippen LogP contribution < -0.4 is 9.64 Å². The minimum absolute atomic E-state index is 0.0456. The van der Waals surface area contributed by atoms with E-state index in [9.17, 15) is 19.2 Å². The molecule has 1 saturated heterocycles. The van der Waals surface area contributed by atoms with Crippen molar-refractivity contribution in [3.8, 4) is 17.9 Å². The van der Waals surface area contributed by atoms with Crippen molar-refractivity contribution in [3.63, 3.8) is 0 Å². The van der Waals surface area contributed by atoms with Gasteiger partial charge in [0, 0.05) is 23.2 Å². The molecule has 3 heterocycles. The lowest BCUT2D eigenvalue weighted by molar-refractivity contribution is -0.119. The van der Waals surface area contributed by atoms with Gasteiger partial charge < -0.3 is 9.64 Å². The summed E-state index contributed by atoms with van der Waals surface area (Å²) in [6.07, 6.45) is 4.50. The third-order valence-corrected chi connectivity index (χ3v) is 6.79. The molecule has 166 valence electrons. The zero-order chi connectivity index (χ0) is 23.7. The van der Waals surface area contributed by atoms with E-state index in [1.165, 1.54) is 36.5 Å². The number of imide groups is 1. The van der Waals surface area contributed by atoms with Crippen molar-refractivity contribution in [2.45, 2.75) is 17.7 Å². The second-order valence-electron chi connectivity index (χ2n) is 7.12. The number of benzene rings is 1. The number of methoxy groups -OCH3 is 1. The molecule has 1 aromatic carbocycles. The number of fused-ring (bicyclic) bond motifs is 1. The van der Waals surface area contributed by atoms with Crippen LogP contribution in [0.2, 0.25) is 5.02 Å². The molecule has 4 rings (SSSR count). The molecular weight excluding hydrogens is 469 g/mol. The fraction of sp³-hybridized carbons (Fsp3) is 0.227. The van der Waals surface area contributed by atoms with Gasteiger partial charge in [-0.25, -0.2) is 14.1 Å². The lowest BCUT2D eigenvalue weighted by Crippen LogP contribution is -2.62. The second-order valence-corrected chi connectivity index (χ2v) is 8.74. The molecule has 2 aliphatic heterocycles. The topological polar surface area (TPSA) is 110 Å². The van der Waals surface area contributed by atoms with Gasteiger partial charge in [0.25, 0.3) is 5.91 Å². The SMILES string of the molecule is COc1cc(C2=CC3C(S2)C(=O)N(c2cncc(Cl)c2)C(=O)N3CCC#N)c(C#N)cc1F. The first-order valence-electron chi connectivity index (χ1n) is 9.68. The smallest absolute Gasteiger partial charge is 0.332 e. The van der Waals surface area contributed by atoms with Crippen molar-refractivity contribution in [1.82, 2.24) is 9.88 Å². The van der Waals surface area contributed by atoms with Gasteiger partial charge in [-0.3, -0.25) is 9.78 Å². The number of ether oxygens (including phenoxy) is 1. The van der Waals surface area contributed by atoms with Gasteiger partial charge in [-0.2, -0.15) is 10.5 Å². The molecule has 33 heavy (non-hydrogen) atoms. The van der Waals surface area contributed by atoms with Gasteiger partial charge in [-0.15, -0.1) is 11.8 Å². The van der Waals surface area contributed by atoms with Crippen LogP contribution in [0.5, 0.6) is 5.75 Å². The van der Waals surface area contributed by atoms with Crippen LogP contribution in [-0.4, -0.2) is 46.8 Å². The molecule has 2 aliphatic rings. The zero-order valence-electron chi connectivity index (χ0n) is 17.2. The van der Waals surface area contributed by atoms with Crippen molar-refractivity contribution in [2.24, 2.45) is 0 Å². The predicted octanol–water partition coefficient (Wildman–Crippen LogP) is 3.96. The summed E-state index contributed by atoms with van der Waals surface area (Å²) in [5.41, 5.74) is 0.684. The Balaban J connectivity index is 1.78. The van der Waals surface area contributed by atoms with Crippen LogP contribution in [0.4, 0.5) is 14.9 Å².